The maximum atomic E-state index is 13.3. The van der Waals surface area contributed by atoms with Crippen molar-refractivity contribution in [3.8, 4) is 0 Å². The predicted octanol–water partition coefficient (Wildman–Crippen LogP) is 3.11. The highest BCUT2D eigenvalue weighted by Crippen LogP contribution is 2.21. The van der Waals surface area contributed by atoms with E-state index < -0.39 is 15.8 Å². The van der Waals surface area contributed by atoms with Crippen LogP contribution in [0.1, 0.15) is 5.56 Å². The zero-order chi connectivity index (χ0) is 14.8. The summed E-state index contributed by atoms with van der Waals surface area (Å²) in [6, 6.07) is 10.6. The van der Waals surface area contributed by atoms with Crippen LogP contribution in [0, 0.1) is 5.82 Å². The Labute approximate surface area is 125 Å². The Morgan fingerprint density at radius 3 is 2.60 bits per heavy atom. The molecule has 2 rings (SSSR count). The van der Waals surface area contributed by atoms with Crippen LogP contribution >= 0.6 is 15.9 Å². The normalized spacial score (nSPS) is 11.3. The Hall–Kier alpha value is -1.60. The van der Waals surface area contributed by atoms with Crippen LogP contribution in [0.3, 0.4) is 0 Å². The third-order valence-electron chi connectivity index (χ3n) is 2.50. The van der Waals surface area contributed by atoms with Crippen molar-refractivity contribution in [1.29, 1.82) is 0 Å². The molecule has 3 N–H and O–H groups in total. The molecule has 106 valence electrons. The Morgan fingerprint density at radius 1 is 1.20 bits per heavy atom. The molecule has 0 amide bonds. The number of sulfonamides is 1. The SMILES string of the molecule is Nc1cccc(CS(=O)(=O)Nc2ccc(Br)c(F)c2)c1. The van der Waals surface area contributed by atoms with Crippen LogP contribution in [0.25, 0.3) is 0 Å². The zero-order valence-electron chi connectivity index (χ0n) is 10.3. The summed E-state index contributed by atoms with van der Waals surface area (Å²) in [7, 11) is -3.62. The molecule has 2 aromatic carbocycles. The second kappa shape index (κ2) is 5.80. The fourth-order valence-corrected chi connectivity index (χ4v) is 3.10. The minimum Gasteiger partial charge on any atom is -0.399 e. The van der Waals surface area contributed by atoms with E-state index in [0.29, 0.717) is 11.3 Å². The lowest BCUT2D eigenvalue weighted by Gasteiger charge is -2.09. The largest absolute Gasteiger partial charge is 0.399 e. The van der Waals surface area contributed by atoms with Crippen molar-refractivity contribution < 1.29 is 12.8 Å². The molecule has 0 fully saturated rings. The monoisotopic (exact) mass is 358 g/mol. The van der Waals surface area contributed by atoms with Gasteiger partial charge in [0.15, 0.2) is 0 Å². The van der Waals surface area contributed by atoms with E-state index >= 15 is 0 Å². The van der Waals surface area contributed by atoms with Crippen LogP contribution in [-0.2, 0) is 15.8 Å². The maximum Gasteiger partial charge on any atom is 0.236 e. The van der Waals surface area contributed by atoms with Crippen molar-refractivity contribution in [2.45, 2.75) is 5.75 Å². The van der Waals surface area contributed by atoms with Crippen molar-refractivity contribution in [2.75, 3.05) is 10.5 Å². The van der Waals surface area contributed by atoms with Gasteiger partial charge in [-0.3, -0.25) is 4.72 Å². The average molecular weight is 359 g/mol. The van der Waals surface area contributed by atoms with Gasteiger partial charge in [-0.05, 0) is 51.8 Å². The summed E-state index contributed by atoms with van der Waals surface area (Å²) in [5.41, 5.74) is 6.83. The van der Waals surface area contributed by atoms with Gasteiger partial charge in [-0.1, -0.05) is 12.1 Å². The molecule has 0 radical (unpaired) electrons. The van der Waals surface area contributed by atoms with Gasteiger partial charge in [-0.15, -0.1) is 0 Å². The van der Waals surface area contributed by atoms with Crippen molar-refractivity contribution in [1.82, 2.24) is 0 Å². The number of rotatable bonds is 4. The first-order chi connectivity index (χ1) is 9.35. The van der Waals surface area contributed by atoms with Crippen LogP contribution in [0.5, 0.6) is 0 Å². The molecule has 7 heteroatoms. The highest BCUT2D eigenvalue weighted by Gasteiger charge is 2.13. The number of nitrogen functional groups attached to an aromatic ring is 1. The first-order valence-electron chi connectivity index (χ1n) is 5.66. The van der Waals surface area contributed by atoms with Gasteiger partial charge in [0.05, 0.1) is 15.9 Å². The number of benzene rings is 2. The van der Waals surface area contributed by atoms with Crippen LogP contribution in [0.15, 0.2) is 46.9 Å². The molecule has 0 atom stereocenters. The number of hydrogen-bond donors (Lipinski definition) is 2. The third-order valence-corrected chi connectivity index (χ3v) is 4.40. The molecule has 0 aliphatic heterocycles. The van der Waals surface area contributed by atoms with E-state index in [1.54, 1.807) is 24.3 Å². The average Bonchev–Trinajstić information content (AvgIpc) is 2.33. The van der Waals surface area contributed by atoms with Gasteiger partial charge in [0.2, 0.25) is 10.0 Å². The van der Waals surface area contributed by atoms with E-state index in [1.165, 1.54) is 12.1 Å². The molecule has 0 bridgehead atoms. The second-order valence-corrected chi connectivity index (χ2v) is 6.81. The fourth-order valence-electron chi connectivity index (χ4n) is 1.68. The van der Waals surface area contributed by atoms with E-state index in [0.717, 1.165) is 6.07 Å². The molecule has 0 aliphatic carbocycles. The first kappa shape index (κ1) is 14.8. The lowest BCUT2D eigenvalue weighted by molar-refractivity contribution is 0.600. The smallest absolute Gasteiger partial charge is 0.236 e. The number of nitrogens with one attached hydrogen (secondary N) is 1. The van der Waals surface area contributed by atoms with Crippen molar-refractivity contribution in [2.24, 2.45) is 0 Å². The molecule has 0 spiro atoms. The lowest BCUT2D eigenvalue weighted by atomic mass is 10.2. The van der Waals surface area contributed by atoms with Gasteiger partial charge in [-0.2, -0.15) is 0 Å². The van der Waals surface area contributed by atoms with Gasteiger partial charge in [0, 0.05) is 5.69 Å². The number of halogens is 2. The van der Waals surface area contributed by atoms with E-state index in [9.17, 15) is 12.8 Å². The number of anilines is 2. The standard InChI is InChI=1S/C13H12BrFN2O2S/c14-12-5-4-11(7-13(12)15)17-20(18,19)8-9-2-1-3-10(16)6-9/h1-7,17H,8,16H2. The third kappa shape index (κ3) is 3.94. The number of nitrogens with two attached hydrogens (primary N) is 1. The summed E-state index contributed by atoms with van der Waals surface area (Å²) in [5.74, 6) is -0.760. The Balaban J connectivity index is 2.17. The molecule has 0 aromatic heterocycles. The lowest BCUT2D eigenvalue weighted by Crippen LogP contribution is -2.15. The van der Waals surface area contributed by atoms with Crippen LogP contribution in [0.4, 0.5) is 15.8 Å². The van der Waals surface area contributed by atoms with E-state index in [-0.39, 0.29) is 15.9 Å². The topological polar surface area (TPSA) is 72.2 Å². The van der Waals surface area contributed by atoms with Crippen LogP contribution < -0.4 is 10.5 Å². The molecule has 4 nitrogen and oxygen atoms in total. The highest BCUT2D eigenvalue weighted by molar-refractivity contribution is 9.10. The van der Waals surface area contributed by atoms with Gasteiger partial charge >= 0.3 is 0 Å². The van der Waals surface area contributed by atoms with Crippen molar-refractivity contribution in [3.05, 3.63) is 58.3 Å². The second-order valence-electron chi connectivity index (χ2n) is 4.24. The molecular formula is C13H12BrFN2O2S. The predicted molar refractivity (Wildman–Crippen MR) is 81.2 cm³/mol. The van der Waals surface area contributed by atoms with E-state index in [1.807, 2.05) is 0 Å². The summed E-state index contributed by atoms with van der Waals surface area (Å²) >= 11 is 3.00. The highest BCUT2D eigenvalue weighted by atomic mass is 79.9. The summed E-state index contributed by atoms with van der Waals surface area (Å²) in [6.07, 6.45) is 0. The molecule has 0 aliphatic rings. The van der Waals surface area contributed by atoms with E-state index in [4.69, 9.17) is 5.73 Å². The summed E-state index contributed by atoms with van der Waals surface area (Å²) in [4.78, 5) is 0. The van der Waals surface area contributed by atoms with E-state index in [2.05, 4.69) is 20.7 Å². The molecule has 0 saturated carbocycles. The molecule has 0 unspecified atom stereocenters. The quantitative estimate of drug-likeness (QED) is 0.824. The van der Waals surface area contributed by atoms with Gasteiger partial charge < -0.3 is 5.73 Å². The molecule has 2 aromatic rings. The molecule has 20 heavy (non-hydrogen) atoms. The molecule has 0 saturated heterocycles. The van der Waals surface area contributed by atoms with Crippen LogP contribution in [-0.4, -0.2) is 8.42 Å². The maximum absolute atomic E-state index is 13.3. The van der Waals surface area contributed by atoms with Crippen molar-refractivity contribution in [3.63, 3.8) is 0 Å². The fraction of sp³-hybridized carbons (Fsp3) is 0.0769. The Morgan fingerprint density at radius 2 is 1.95 bits per heavy atom. The van der Waals surface area contributed by atoms with Crippen LogP contribution in [0.2, 0.25) is 0 Å². The minimum atomic E-state index is -3.62. The summed E-state index contributed by atoms with van der Waals surface area (Å²) in [6.45, 7) is 0. The van der Waals surface area contributed by atoms with Crippen molar-refractivity contribution >= 4 is 37.3 Å². The van der Waals surface area contributed by atoms with Gasteiger partial charge in [0.1, 0.15) is 5.82 Å². The molecular weight excluding hydrogens is 347 g/mol. The van der Waals surface area contributed by atoms with Gasteiger partial charge in [-0.25, -0.2) is 12.8 Å². The first-order valence-corrected chi connectivity index (χ1v) is 8.10. The minimum absolute atomic E-state index is 0.176. The zero-order valence-corrected chi connectivity index (χ0v) is 12.7. The summed E-state index contributed by atoms with van der Waals surface area (Å²) < 4.78 is 39.9. The van der Waals surface area contributed by atoms with Gasteiger partial charge in [0.25, 0.3) is 0 Å². The Kier molecular flexibility index (Phi) is 4.29. The number of hydrogen-bond acceptors (Lipinski definition) is 3. The summed E-state index contributed by atoms with van der Waals surface area (Å²) in [5, 5.41) is 0. The Bertz CT molecular complexity index is 735. The molecule has 0 heterocycles.